The van der Waals surface area contributed by atoms with Crippen molar-refractivity contribution >= 4 is 17.5 Å². The van der Waals surface area contributed by atoms with Crippen molar-refractivity contribution < 1.29 is 14.0 Å². The van der Waals surface area contributed by atoms with Gasteiger partial charge in [-0.05, 0) is 25.5 Å². The number of furan rings is 1. The van der Waals surface area contributed by atoms with Gasteiger partial charge in [-0.15, -0.1) is 0 Å². The van der Waals surface area contributed by atoms with Gasteiger partial charge in [-0.25, -0.2) is 0 Å². The molecule has 27 heavy (non-hydrogen) atoms. The van der Waals surface area contributed by atoms with Crippen LogP contribution >= 0.6 is 0 Å². The van der Waals surface area contributed by atoms with Crippen LogP contribution in [0, 0.1) is 6.92 Å². The molecule has 0 aliphatic carbocycles. The van der Waals surface area contributed by atoms with Crippen molar-refractivity contribution in [2.45, 2.75) is 32.4 Å². The van der Waals surface area contributed by atoms with Crippen molar-refractivity contribution in [1.29, 1.82) is 0 Å². The Labute approximate surface area is 158 Å². The Balaban J connectivity index is 1.57. The number of piperazine rings is 1. The fraction of sp³-hybridized carbons (Fsp3) is 0.526. The summed E-state index contributed by atoms with van der Waals surface area (Å²) in [6.45, 7) is 6.37. The van der Waals surface area contributed by atoms with Crippen LogP contribution in [-0.4, -0.2) is 63.1 Å². The van der Waals surface area contributed by atoms with Crippen LogP contribution in [0.2, 0.25) is 0 Å². The highest BCUT2D eigenvalue weighted by molar-refractivity contribution is 5.98. The molecule has 0 saturated carbocycles. The average Bonchev–Trinajstić information content (AvgIpc) is 3.32. The summed E-state index contributed by atoms with van der Waals surface area (Å²) in [4.78, 5) is 30.9. The molecule has 1 unspecified atom stereocenters. The van der Waals surface area contributed by atoms with Crippen LogP contribution in [0.3, 0.4) is 0 Å². The number of anilines is 1. The van der Waals surface area contributed by atoms with E-state index in [-0.39, 0.29) is 23.9 Å². The lowest BCUT2D eigenvalue weighted by molar-refractivity contribution is -0.142. The lowest BCUT2D eigenvalue weighted by Crippen LogP contribution is -2.66. The molecular weight excluding hydrogens is 346 g/mol. The number of aromatic nitrogens is 2. The van der Waals surface area contributed by atoms with E-state index in [2.05, 4.69) is 10.00 Å². The SMILES string of the molecule is CC(=O)N1CC(=O)N(c2cnn(C)c2)CC12CCN(Cc1ccc(C)o1)C2. The first-order chi connectivity index (χ1) is 12.9. The molecule has 144 valence electrons. The Morgan fingerprint density at radius 3 is 2.78 bits per heavy atom. The van der Waals surface area contributed by atoms with Crippen LogP contribution in [0.5, 0.6) is 0 Å². The van der Waals surface area contributed by atoms with Gasteiger partial charge in [0.05, 0.1) is 30.5 Å². The first-order valence-corrected chi connectivity index (χ1v) is 9.21. The summed E-state index contributed by atoms with van der Waals surface area (Å²) in [5, 5.41) is 4.19. The number of carbonyl (C=O) groups is 2. The van der Waals surface area contributed by atoms with Gasteiger partial charge in [-0.1, -0.05) is 0 Å². The quantitative estimate of drug-likeness (QED) is 0.809. The molecule has 2 saturated heterocycles. The van der Waals surface area contributed by atoms with E-state index in [1.807, 2.05) is 32.3 Å². The van der Waals surface area contributed by atoms with Gasteiger partial charge in [0.2, 0.25) is 11.8 Å². The average molecular weight is 371 g/mol. The number of nitrogens with zero attached hydrogens (tertiary/aromatic N) is 5. The van der Waals surface area contributed by atoms with Crippen LogP contribution in [0.4, 0.5) is 5.69 Å². The van der Waals surface area contributed by atoms with Crippen molar-refractivity contribution in [3.05, 3.63) is 36.0 Å². The summed E-state index contributed by atoms with van der Waals surface area (Å²) in [7, 11) is 1.83. The van der Waals surface area contributed by atoms with Crippen molar-refractivity contribution in [2.24, 2.45) is 7.05 Å². The molecule has 2 fully saturated rings. The third kappa shape index (κ3) is 3.25. The number of likely N-dealkylation sites (tertiary alicyclic amines) is 1. The molecule has 0 aromatic carbocycles. The molecular formula is C19H25N5O3. The summed E-state index contributed by atoms with van der Waals surface area (Å²) >= 11 is 0. The Morgan fingerprint density at radius 1 is 1.33 bits per heavy atom. The van der Waals surface area contributed by atoms with Gasteiger partial charge in [-0.2, -0.15) is 5.10 Å². The molecule has 2 aliphatic heterocycles. The summed E-state index contributed by atoms with van der Waals surface area (Å²) in [6, 6.07) is 3.96. The first-order valence-electron chi connectivity index (χ1n) is 9.21. The van der Waals surface area contributed by atoms with Crippen molar-refractivity contribution in [3.63, 3.8) is 0 Å². The maximum atomic E-state index is 12.7. The van der Waals surface area contributed by atoms with E-state index in [4.69, 9.17) is 4.42 Å². The van der Waals surface area contributed by atoms with Gasteiger partial charge >= 0.3 is 0 Å². The van der Waals surface area contributed by atoms with Gasteiger partial charge < -0.3 is 14.2 Å². The molecule has 1 spiro atoms. The van der Waals surface area contributed by atoms with Gasteiger partial charge in [0, 0.05) is 33.3 Å². The highest BCUT2D eigenvalue weighted by Crippen LogP contribution is 2.35. The summed E-state index contributed by atoms with van der Waals surface area (Å²) in [5.41, 5.74) is 0.405. The van der Waals surface area contributed by atoms with E-state index in [0.717, 1.165) is 36.7 Å². The first kappa shape index (κ1) is 17.8. The highest BCUT2D eigenvalue weighted by Gasteiger charge is 2.50. The van der Waals surface area contributed by atoms with Crippen LogP contribution < -0.4 is 4.90 Å². The zero-order valence-electron chi connectivity index (χ0n) is 16.0. The molecule has 1 atom stereocenters. The number of amides is 2. The normalized spacial score (nSPS) is 23.6. The molecule has 2 aliphatic rings. The molecule has 4 rings (SSSR count). The van der Waals surface area contributed by atoms with E-state index in [1.165, 1.54) is 0 Å². The lowest BCUT2D eigenvalue weighted by Gasteiger charge is -2.47. The molecule has 2 amide bonds. The number of rotatable bonds is 3. The Hall–Kier alpha value is -2.61. The van der Waals surface area contributed by atoms with Crippen LogP contribution in [0.15, 0.2) is 28.9 Å². The van der Waals surface area contributed by atoms with Crippen LogP contribution in [0.25, 0.3) is 0 Å². The number of hydrogen-bond donors (Lipinski definition) is 0. The fourth-order valence-electron chi connectivity index (χ4n) is 4.30. The topological polar surface area (TPSA) is 74.8 Å². The van der Waals surface area contributed by atoms with Crippen LogP contribution in [0.1, 0.15) is 24.9 Å². The fourth-order valence-corrected chi connectivity index (χ4v) is 4.30. The predicted octanol–water partition coefficient (Wildman–Crippen LogP) is 1.16. The van der Waals surface area contributed by atoms with Gasteiger partial charge in [0.25, 0.3) is 0 Å². The largest absolute Gasteiger partial charge is 0.465 e. The van der Waals surface area contributed by atoms with Gasteiger partial charge in [0.1, 0.15) is 18.1 Å². The van der Waals surface area contributed by atoms with E-state index < -0.39 is 0 Å². The van der Waals surface area contributed by atoms with Crippen molar-refractivity contribution in [2.75, 3.05) is 31.1 Å². The molecule has 2 aromatic heterocycles. The zero-order chi connectivity index (χ0) is 19.2. The second-order valence-electron chi connectivity index (χ2n) is 7.65. The lowest BCUT2D eigenvalue weighted by atomic mass is 9.92. The summed E-state index contributed by atoms with van der Waals surface area (Å²) < 4.78 is 7.40. The Bertz CT molecular complexity index is 872. The van der Waals surface area contributed by atoms with Crippen molar-refractivity contribution in [1.82, 2.24) is 19.6 Å². The maximum Gasteiger partial charge on any atom is 0.246 e. The smallest absolute Gasteiger partial charge is 0.246 e. The predicted molar refractivity (Wildman–Crippen MR) is 99.0 cm³/mol. The van der Waals surface area contributed by atoms with E-state index >= 15 is 0 Å². The molecule has 0 radical (unpaired) electrons. The van der Waals surface area contributed by atoms with Crippen molar-refractivity contribution in [3.8, 4) is 0 Å². The third-order valence-corrected chi connectivity index (χ3v) is 5.59. The molecule has 0 bridgehead atoms. The second-order valence-corrected chi connectivity index (χ2v) is 7.65. The molecule has 0 N–H and O–H groups in total. The Kier molecular flexibility index (Phi) is 4.30. The molecule has 2 aromatic rings. The second kappa shape index (κ2) is 6.53. The standard InChI is InChI=1S/C19H25N5O3/c1-14-4-5-17(27-14)10-22-7-6-19(12-22)13-23(16-8-20-21(3)9-16)18(26)11-24(19)15(2)25/h4-5,8-9H,6-7,10-13H2,1-3H3. The minimum Gasteiger partial charge on any atom is -0.465 e. The van der Waals surface area contributed by atoms with E-state index in [0.29, 0.717) is 13.1 Å². The van der Waals surface area contributed by atoms with Gasteiger partial charge in [-0.3, -0.25) is 19.2 Å². The minimum atomic E-state index is -0.378. The monoisotopic (exact) mass is 371 g/mol. The van der Waals surface area contributed by atoms with E-state index in [1.54, 1.807) is 27.6 Å². The van der Waals surface area contributed by atoms with Gasteiger partial charge in [0.15, 0.2) is 0 Å². The summed E-state index contributed by atoms with van der Waals surface area (Å²) in [6.07, 6.45) is 4.37. The van der Waals surface area contributed by atoms with E-state index in [9.17, 15) is 9.59 Å². The molecule has 4 heterocycles. The minimum absolute atomic E-state index is 0.0510. The molecule has 8 heteroatoms. The van der Waals surface area contributed by atoms with Crippen LogP contribution in [-0.2, 0) is 23.2 Å². The number of carbonyl (C=O) groups excluding carboxylic acids is 2. The number of aryl methyl sites for hydroxylation is 2. The number of hydrogen-bond acceptors (Lipinski definition) is 5. The maximum absolute atomic E-state index is 12.7. The third-order valence-electron chi connectivity index (χ3n) is 5.59. The summed E-state index contributed by atoms with van der Waals surface area (Å²) in [5.74, 6) is 1.71. The zero-order valence-corrected chi connectivity index (χ0v) is 16.0. The Morgan fingerprint density at radius 2 is 2.15 bits per heavy atom. The molecule has 8 nitrogen and oxygen atoms in total. The highest BCUT2D eigenvalue weighted by atomic mass is 16.3.